The first-order valence-corrected chi connectivity index (χ1v) is 7.28. The maximum atomic E-state index is 12.1. The number of halogens is 1. The van der Waals surface area contributed by atoms with E-state index in [4.69, 9.17) is 16.7 Å². The molecule has 3 N–H and O–H groups in total. The number of carboxylic acids is 1. The summed E-state index contributed by atoms with van der Waals surface area (Å²) in [4.78, 5) is 23.2. The first kappa shape index (κ1) is 15.6. The van der Waals surface area contributed by atoms with E-state index in [1.807, 2.05) is 0 Å². The summed E-state index contributed by atoms with van der Waals surface area (Å²) in [7, 11) is 0. The van der Waals surface area contributed by atoms with Crippen molar-refractivity contribution in [2.24, 2.45) is 5.41 Å². The van der Waals surface area contributed by atoms with E-state index in [9.17, 15) is 9.59 Å². The van der Waals surface area contributed by atoms with Gasteiger partial charge in [-0.05, 0) is 36.5 Å². The van der Waals surface area contributed by atoms with Crippen molar-refractivity contribution in [2.45, 2.75) is 39.2 Å². The molecular weight excluding hydrogens is 292 g/mol. The molecule has 1 fully saturated rings. The predicted octanol–water partition coefficient (Wildman–Crippen LogP) is 3.74. The van der Waals surface area contributed by atoms with Gasteiger partial charge in [-0.25, -0.2) is 9.59 Å². The number of hydrogen-bond donors (Lipinski definition) is 3. The zero-order chi connectivity index (χ0) is 15.6. The SMILES string of the molecule is CC1(C)CCCC1NC(=O)Nc1ccc(Cl)cc1C(=O)O. The van der Waals surface area contributed by atoms with E-state index in [1.165, 1.54) is 12.1 Å². The second-order valence-corrected chi connectivity index (χ2v) is 6.46. The molecular formula is C15H19ClN2O3. The van der Waals surface area contributed by atoms with Crippen molar-refractivity contribution in [3.05, 3.63) is 28.8 Å². The van der Waals surface area contributed by atoms with E-state index in [1.54, 1.807) is 6.07 Å². The van der Waals surface area contributed by atoms with Gasteiger partial charge in [0.1, 0.15) is 0 Å². The third-order valence-corrected chi connectivity index (χ3v) is 4.26. The van der Waals surface area contributed by atoms with Crippen LogP contribution >= 0.6 is 11.6 Å². The molecule has 0 saturated heterocycles. The Morgan fingerprint density at radius 3 is 2.67 bits per heavy atom. The summed E-state index contributed by atoms with van der Waals surface area (Å²) in [5, 5.41) is 15.0. The molecule has 2 rings (SSSR count). The largest absolute Gasteiger partial charge is 0.478 e. The molecule has 1 saturated carbocycles. The number of amides is 2. The Balaban J connectivity index is 2.08. The standard InChI is InChI=1S/C15H19ClN2O3/c1-15(2)7-3-4-12(15)18-14(21)17-11-6-5-9(16)8-10(11)13(19)20/h5-6,8,12H,3-4,7H2,1-2H3,(H,19,20)(H2,17,18,21). The number of urea groups is 1. The van der Waals surface area contributed by atoms with Crippen molar-refractivity contribution in [2.75, 3.05) is 5.32 Å². The fourth-order valence-corrected chi connectivity index (χ4v) is 2.89. The van der Waals surface area contributed by atoms with Crippen LogP contribution in [0.3, 0.4) is 0 Å². The Bertz CT molecular complexity index is 572. The van der Waals surface area contributed by atoms with Crippen molar-refractivity contribution in [1.82, 2.24) is 5.32 Å². The molecule has 5 nitrogen and oxygen atoms in total. The number of anilines is 1. The topological polar surface area (TPSA) is 78.4 Å². The molecule has 1 aromatic carbocycles. The van der Waals surface area contributed by atoms with Crippen molar-refractivity contribution in [3.63, 3.8) is 0 Å². The van der Waals surface area contributed by atoms with Gasteiger partial charge >= 0.3 is 12.0 Å². The predicted molar refractivity (Wildman–Crippen MR) is 82.0 cm³/mol. The van der Waals surface area contributed by atoms with Crippen molar-refractivity contribution >= 4 is 29.3 Å². The number of carbonyl (C=O) groups is 2. The van der Waals surface area contributed by atoms with Crippen LogP contribution in [0.5, 0.6) is 0 Å². The summed E-state index contributed by atoms with van der Waals surface area (Å²) in [6, 6.07) is 4.06. The average Bonchev–Trinajstić information content (AvgIpc) is 2.70. The third kappa shape index (κ3) is 3.67. The number of carboxylic acid groups (broad SMARTS) is 1. The molecule has 1 unspecified atom stereocenters. The van der Waals surface area contributed by atoms with E-state index >= 15 is 0 Å². The normalized spacial score (nSPS) is 20.0. The van der Waals surface area contributed by atoms with Gasteiger partial charge in [0.25, 0.3) is 0 Å². The van der Waals surface area contributed by atoms with Gasteiger partial charge in [0.15, 0.2) is 0 Å². The first-order valence-electron chi connectivity index (χ1n) is 6.90. The molecule has 21 heavy (non-hydrogen) atoms. The quantitative estimate of drug-likeness (QED) is 0.795. The van der Waals surface area contributed by atoms with E-state index in [-0.39, 0.29) is 28.7 Å². The van der Waals surface area contributed by atoms with E-state index in [0.717, 1.165) is 19.3 Å². The van der Waals surface area contributed by atoms with Gasteiger partial charge in [-0.15, -0.1) is 0 Å². The molecule has 1 aromatic rings. The van der Waals surface area contributed by atoms with Gasteiger partial charge in [-0.2, -0.15) is 0 Å². The Morgan fingerprint density at radius 2 is 2.10 bits per heavy atom. The van der Waals surface area contributed by atoms with Crippen molar-refractivity contribution in [3.8, 4) is 0 Å². The number of nitrogens with one attached hydrogen (secondary N) is 2. The van der Waals surface area contributed by atoms with Crippen LogP contribution in [-0.4, -0.2) is 23.1 Å². The molecule has 1 aliphatic carbocycles. The molecule has 0 spiro atoms. The van der Waals surface area contributed by atoms with Crippen LogP contribution < -0.4 is 10.6 Å². The minimum Gasteiger partial charge on any atom is -0.478 e. The number of rotatable bonds is 3. The van der Waals surface area contributed by atoms with E-state index < -0.39 is 5.97 Å². The highest BCUT2D eigenvalue weighted by Gasteiger charge is 2.35. The first-order chi connectivity index (χ1) is 9.79. The minimum absolute atomic E-state index is 0.0247. The molecule has 6 heteroatoms. The third-order valence-electron chi connectivity index (χ3n) is 4.02. The fraction of sp³-hybridized carbons (Fsp3) is 0.467. The summed E-state index contributed by atoms with van der Waals surface area (Å²) in [5.41, 5.74) is 0.274. The van der Waals surface area contributed by atoms with Crippen LogP contribution in [-0.2, 0) is 0 Å². The average molecular weight is 311 g/mol. The highest BCUT2D eigenvalue weighted by molar-refractivity contribution is 6.31. The zero-order valence-corrected chi connectivity index (χ0v) is 12.8. The molecule has 1 aliphatic rings. The highest BCUT2D eigenvalue weighted by Crippen LogP contribution is 2.37. The lowest BCUT2D eigenvalue weighted by atomic mass is 9.87. The summed E-state index contributed by atoms with van der Waals surface area (Å²) in [6.45, 7) is 4.24. The molecule has 0 heterocycles. The lowest BCUT2D eigenvalue weighted by molar-refractivity contribution is 0.0698. The smallest absolute Gasteiger partial charge is 0.337 e. The molecule has 0 aliphatic heterocycles. The Morgan fingerprint density at radius 1 is 1.38 bits per heavy atom. The lowest BCUT2D eigenvalue weighted by Gasteiger charge is -2.27. The van der Waals surface area contributed by atoms with Gasteiger partial charge < -0.3 is 15.7 Å². The van der Waals surface area contributed by atoms with Gasteiger partial charge in [0.05, 0.1) is 11.3 Å². The monoisotopic (exact) mass is 310 g/mol. The van der Waals surface area contributed by atoms with Crippen molar-refractivity contribution in [1.29, 1.82) is 0 Å². The zero-order valence-electron chi connectivity index (χ0n) is 12.1. The summed E-state index contributed by atoms with van der Waals surface area (Å²) >= 11 is 5.78. The summed E-state index contributed by atoms with van der Waals surface area (Å²) < 4.78 is 0. The Kier molecular flexibility index (Phi) is 4.42. The summed E-state index contributed by atoms with van der Waals surface area (Å²) in [5.74, 6) is -1.13. The maximum Gasteiger partial charge on any atom is 0.337 e. The van der Waals surface area contributed by atoms with Crippen LogP contribution in [0.15, 0.2) is 18.2 Å². The number of carbonyl (C=O) groups excluding carboxylic acids is 1. The van der Waals surface area contributed by atoms with Gasteiger partial charge in [0.2, 0.25) is 0 Å². The lowest BCUT2D eigenvalue weighted by Crippen LogP contribution is -2.43. The summed E-state index contributed by atoms with van der Waals surface area (Å²) in [6.07, 6.45) is 3.09. The molecule has 0 aromatic heterocycles. The van der Waals surface area contributed by atoms with Gasteiger partial charge in [-0.1, -0.05) is 31.9 Å². The maximum absolute atomic E-state index is 12.1. The fourth-order valence-electron chi connectivity index (χ4n) is 2.71. The number of hydrogen-bond acceptors (Lipinski definition) is 2. The Hall–Kier alpha value is -1.75. The second-order valence-electron chi connectivity index (χ2n) is 6.03. The molecule has 0 radical (unpaired) electrons. The van der Waals surface area contributed by atoms with Gasteiger partial charge in [0, 0.05) is 11.1 Å². The van der Waals surface area contributed by atoms with Crippen LogP contribution in [0.2, 0.25) is 5.02 Å². The molecule has 2 amide bonds. The molecule has 1 atom stereocenters. The minimum atomic E-state index is -1.13. The molecule has 114 valence electrons. The second kappa shape index (κ2) is 5.93. The van der Waals surface area contributed by atoms with Crippen molar-refractivity contribution < 1.29 is 14.7 Å². The number of benzene rings is 1. The van der Waals surface area contributed by atoms with Crippen LogP contribution in [0, 0.1) is 5.41 Å². The van der Waals surface area contributed by atoms with Crippen LogP contribution in [0.4, 0.5) is 10.5 Å². The Labute approximate surface area is 128 Å². The van der Waals surface area contributed by atoms with Crippen LogP contribution in [0.1, 0.15) is 43.5 Å². The highest BCUT2D eigenvalue weighted by atomic mass is 35.5. The van der Waals surface area contributed by atoms with Gasteiger partial charge in [-0.3, -0.25) is 0 Å². The van der Waals surface area contributed by atoms with E-state index in [0.29, 0.717) is 5.02 Å². The van der Waals surface area contributed by atoms with Crippen LogP contribution in [0.25, 0.3) is 0 Å². The molecule has 0 bridgehead atoms. The number of aromatic carboxylic acids is 1. The van der Waals surface area contributed by atoms with E-state index in [2.05, 4.69) is 24.5 Å².